The summed E-state index contributed by atoms with van der Waals surface area (Å²) in [6.45, 7) is 5.87. The van der Waals surface area contributed by atoms with Gasteiger partial charge in [-0.25, -0.2) is 0 Å². The van der Waals surface area contributed by atoms with Gasteiger partial charge in [0.2, 0.25) is 5.91 Å². The van der Waals surface area contributed by atoms with E-state index in [0.29, 0.717) is 17.7 Å². The topological polar surface area (TPSA) is 49.3 Å². The van der Waals surface area contributed by atoms with Gasteiger partial charge in [0, 0.05) is 11.3 Å². The second-order valence-electron chi connectivity index (χ2n) is 5.09. The Morgan fingerprint density at radius 1 is 1.10 bits per heavy atom. The second kappa shape index (κ2) is 5.78. The highest BCUT2D eigenvalue weighted by molar-refractivity contribution is 5.93. The van der Waals surface area contributed by atoms with E-state index in [4.69, 9.17) is 0 Å². The monoisotopic (exact) mass is 269 g/mol. The fourth-order valence-corrected chi connectivity index (χ4v) is 2.05. The van der Waals surface area contributed by atoms with Crippen LogP contribution in [0.25, 0.3) is 0 Å². The Morgan fingerprint density at radius 3 is 2.55 bits per heavy atom. The van der Waals surface area contributed by atoms with Crippen LogP contribution in [0.2, 0.25) is 0 Å². The van der Waals surface area contributed by atoms with Crippen LogP contribution in [-0.2, 0) is 11.2 Å². The Bertz CT molecular complexity index is 647. The van der Waals surface area contributed by atoms with Gasteiger partial charge < -0.3 is 10.4 Å². The average Bonchev–Trinajstić information content (AvgIpc) is 2.39. The zero-order chi connectivity index (χ0) is 14.7. The smallest absolute Gasteiger partial charge is 0.228 e. The Labute approximate surface area is 119 Å². The van der Waals surface area contributed by atoms with Crippen LogP contribution >= 0.6 is 0 Å². The number of anilines is 1. The summed E-state index contributed by atoms with van der Waals surface area (Å²) >= 11 is 0. The first kappa shape index (κ1) is 14.1. The number of rotatable bonds is 3. The van der Waals surface area contributed by atoms with Crippen LogP contribution in [0.15, 0.2) is 36.4 Å². The van der Waals surface area contributed by atoms with Crippen LogP contribution in [0.3, 0.4) is 0 Å². The van der Waals surface area contributed by atoms with Crippen molar-refractivity contribution in [2.45, 2.75) is 27.2 Å². The third-order valence-corrected chi connectivity index (χ3v) is 3.52. The highest BCUT2D eigenvalue weighted by atomic mass is 16.3. The van der Waals surface area contributed by atoms with Gasteiger partial charge in [0.25, 0.3) is 0 Å². The summed E-state index contributed by atoms with van der Waals surface area (Å²) in [6.07, 6.45) is 0.330. The lowest BCUT2D eigenvalue weighted by Gasteiger charge is -2.10. The molecule has 0 bridgehead atoms. The lowest BCUT2D eigenvalue weighted by atomic mass is 10.0. The number of carbonyl (C=O) groups is 1. The molecule has 104 valence electrons. The van der Waals surface area contributed by atoms with E-state index >= 15 is 0 Å². The summed E-state index contributed by atoms with van der Waals surface area (Å²) in [6, 6.07) is 11.1. The second-order valence-corrected chi connectivity index (χ2v) is 5.09. The van der Waals surface area contributed by atoms with Gasteiger partial charge in [0.1, 0.15) is 5.75 Å². The molecule has 0 atom stereocenters. The molecule has 0 spiro atoms. The maximum absolute atomic E-state index is 12.0. The molecule has 0 aliphatic rings. The summed E-state index contributed by atoms with van der Waals surface area (Å²) in [4.78, 5) is 12.0. The van der Waals surface area contributed by atoms with E-state index in [1.54, 1.807) is 25.1 Å². The van der Waals surface area contributed by atoms with Crippen molar-refractivity contribution >= 4 is 11.6 Å². The maximum Gasteiger partial charge on any atom is 0.228 e. The highest BCUT2D eigenvalue weighted by Gasteiger charge is 2.08. The molecule has 2 aromatic rings. The fraction of sp³-hybridized carbons (Fsp3) is 0.235. The summed E-state index contributed by atoms with van der Waals surface area (Å²) < 4.78 is 0. The highest BCUT2D eigenvalue weighted by Crippen LogP contribution is 2.24. The van der Waals surface area contributed by atoms with Gasteiger partial charge in [0.05, 0.1) is 6.42 Å². The zero-order valence-corrected chi connectivity index (χ0v) is 12.0. The van der Waals surface area contributed by atoms with E-state index in [9.17, 15) is 9.90 Å². The third kappa shape index (κ3) is 3.18. The first-order chi connectivity index (χ1) is 9.47. The minimum Gasteiger partial charge on any atom is -0.508 e. The number of hydrogen-bond donors (Lipinski definition) is 2. The van der Waals surface area contributed by atoms with Gasteiger partial charge >= 0.3 is 0 Å². The first-order valence-corrected chi connectivity index (χ1v) is 6.62. The number of amides is 1. The molecule has 3 heteroatoms. The van der Waals surface area contributed by atoms with Crippen molar-refractivity contribution < 1.29 is 9.90 Å². The van der Waals surface area contributed by atoms with Crippen LogP contribution in [0, 0.1) is 20.8 Å². The molecule has 0 fully saturated rings. The van der Waals surface area contributed by atoms with Gasteiger partial charge in [-0.1, -0.05) is 24.3 Å². The number of hydrogen-bond acceptors (Lipinski definition) is 2. The molecule has 0 aliphatic heterocycles. The lowest BCUT2D eigenvalue weighted by Crippen LogP contribution is -2.15. The number of benzene rings is 2. The number of aryl methyl sites for hydroxylation is 2. The van der Waals surface area contributed by atoms with Gasteiger partial charge in [-0.2, -0.15) is 0 Å². The standard InChI is InChI=1S/C17H19NO2/c1-11-7-8-14(9-12(11)2)10-17(20)18-15-5-4-6-16(19)13(15)3/h4-9,19H,10H2,1-3H3,(H,18,20). The number of phenolic OH excluding ortho intramolecular Hbond substituents is 1. The maximum atomic E-state index is 12.0. The Kier molecular flexibility index (Phi) is 4.08. The largest absolute Gasteiger partial charge is 0.508 e. The molecule has 0 saturated carbocycles. The van der Waals surface area contributed by atoms with E-state index in [-0.39, 0.29) is 11.7 Å². The fourth-order valence-electron chi connectivity index (χ4n) is 2.05. The number of carbonyl (C=O) groups excluding carboxylic acids is 1. The van der Waals surface area contributed by atoms with E-state index in [0.717, 1.165) is 5.56 Å². The summed E-state index contributed by atoms with van der Waals surface area (Å²) in [5.74, 6) is 0.107. The Morgan fingerprint density at radius 2 is 1.85 bits per heavy atom. The average molecular weight is 269 g/mol. The van der Waals surface area contributed by atoms with Crippen molar-refractivity contribution in [1.29, 1.82) is 0 Å². The van der Waals surface area contributed by atoms with Gasteiger partial charge in [-0.15, -0.1) is 0 Å². The van der Waals surface area contributed by atoms with E-state index < -0.39 is 0 Å². The molecule has 3 nitrogen and oxygen atoms in total. The summed E-state index contributed by atoms with van der Waals surface area (Å²) in [5.41, 5.74) is 4.73. The predicted molar refractivity (Wildman–Crippen MR) is 81.1 cm³/mol. The van der Waals surface area contributed by atoms with Crippen molar-refractivity contribution in [1.82, 2.24) is 0 Å². The van der Waals surface area contributed by atoms with E-state index in [1.807, 2.05) is 25.1 Å². The van der Waals surface area contributed by atoms with E-state index in [2.05, 4.69) is 12.2 Å². The number of phenols is 1. The predicted octanol–water partition coefficient (Wildman–Crippen LogP) is 3.50. The van der Waals surface area contributed by atoms with Crippen LogP contribution in [0.5, 0.6) is 5.75 Å². The molecule has 2 N–H and O–H groups in total. The number of nitrogens with one attached hydrogen (secondary N) is 1. The summed E-state index contributed by atoms with van der Waals surface area (Å²) in [5, 5.41) is 12.5. The van der Waals surface area contributed by atoms with Crippen LogP contribution < -0.4 is 5.32 Å². The van der Waals surface area contributed by atoms with Crippen molar-refractivity contribution in [3.05, 3.63) is 58.7 Å². The van der Waals surface area contributed by atoms with Gasteiger partial charge in [-0.3, -0.25) is 4.79 Å². The molecule has 0 radical (unpaired) electrons. The molecule has 0 unspecified atom stereocenters. The SMILES string of the molecule is Cc1ccc(CC(=O)Nc2cccc(O)c2C)cc1C. The first-order valence-electron chi connectivity index (χ1n) is 6.62. The molecule has 0 heterocycles. The molecular weight excluding hydrogens is 250 g/mol. The van der Waals surface area contributed by atoms with Gasteiger partial charge in [0.15, 0.2) is 0 Å². The minimum atomic E-state index is -0.0815. The van der Waals surface area contributed by atoms with Crippen LogP contribution in [-0.4, -0.2) is 11.0 Å². The Balaban J connectivity index is 2.09. The molecule has 0 aliphatic carbocycles. The van der Waals surface area contributed by atoms with Crippen LogP contribution in [0.1, 0.15) is 22.3 Å². The van der Waals surface area contributed by atoms with Crippen molar-refractivity contribution in [3.63, 3.8) is 0 Å². The van der Waals surface area contributed by atoms with Gasteiger partial charge in [-0.05, 0) is 49.6 Å². The Hall–Kier alpha value is -2.29. The molecule has 2 rings (SSSR count). The molecular formula is C17H19NO2. The number of aromatic hydroxyl groups is 1. The van der Waals surface area contributed by atoms with Crippen molar-refractivity contribution in [2.24, 2.45) is 0 Å². The molecule has 1 amide bonds. The normalized spacial score (nSPS) is 10.3. The molecule has 0 aromatic heterocycles. The lowest BCUT2D eigenvalue weighted by molar-refractivity contribution is -0.115. The quantitative estimate of drug-likeness (QED) is 0.896. The van der Waals surface area contributed by atoms with Crippen molar-refractivity contribution in [3.8, 4) is 5.75 Å². The molecule has 20 heavy (non-hydrogen) atoms. The molecule has 2 aromatic carbocycles. The van der Waals surface area contributed by atoms with E-state index in [1.165, 1.54) is 11.1 Å². The van der Waals surface area contributed by atoms with Crippen LogP contribution in [0.4, 0.5) is 5.69 Å². The summed E-state index contributed by atoms with van der Waals surface area (Å²) in [7, 11) is 0. The van der Waals surface area contributed by atoms with Crippen molar-refractivity contribution in [2.75, 3.05) is 5.32 Å². The minimum absolute atomic E-state index is 0.0815. The molecule has 0 saturated heterocycles. The zero-order valence-electron chi connectivity index (χ0n) is 12.0. The third-order valence-electron chi connectivity index (χ3n) is 3.52.